The smallest absolute Gasteiger partial charge is 0.0567 e. The molecule has 0 radical (unpaired) electrons. The molecule has 0 spiro atoms. The van der Waals surface area contributed by atoms with E-state index in [9.17, 15) is 0 Å². The molecular formula is C100H64N20. The van der Waals surface area contributed by atoms with Crippen LogP contribution < -0.4 is 0 Å². The summed E-state index contributed by atoms with van der Waals surface area (Å²) < 4.78 is 0. The molecule has 20 N–H and O–H groups in total. The molecule has 120 heavy (non-hydrogen) atoms. The average Bonchev–Trinajstić information content (AvgIpc) is 1.57. The van der Waals surface area contributed by atoms with Crippen LogP contribution in [0.3, 0.4) is 0 Å². The fourth-order valence-corrected chi connectivity index (χ4v) is 20.4. The number of rotatable bonds is 0. The number of aromatic amines is 20. The first-order chi connectivity index (χ1) is 59.1. The maximum Gasteiger partial charge on any atom is 0.0567 e. The number of nitrogens with one attached hydrogen (secondary N) is 20. The number of benzene rings is 4. The standard InChI is InChI=1S/C100H64N20/c1-3-49-27-53-9-17-77(105-53)85-71-39-63-31-57-13-21-81(109-57)89-75-43-67-35-59-16-24-84(112-59)92-74-42-66-34-56-12-20-80(108-56)88-70-38-62-30-52-8-6-48(104-52)26-46-2-4-50(102-46)28-54-10-18-78(106-54)86(94(70)114-62)72-40-64(116-96(72)88)32-58-14-22-82(110-58)90(98(74)118-66)76-44-68(120-100(76)92)36-60-15-23-83(111-60)91(99(75)119-67)73-41-65(117-97(73)89)33-55-11-19-79(107-55)87(95(71)115-63)69-37-61(113-93(69)85)29-51-7-5-47(103-51)25-45(1)101-49/h1-44,101-120H. The molecule has 20 nitrogen and oxygen atoms in total. The second kappa shape index (κ2) is 22.5. The van der Waals surface area contributed by atoms with Gasteiger partial charge in [0.1, 0.15) is 0 Å². The molecule has 25 heterocycles. The molecule has 29 aromatic rings. The van der Waals surface area contributed by atoms with Crippen molar-refractivity contribution in [2.75, 3.05) is 0 Å². The van der Waals surface area contributed by atoms with E-state index in [1.54, 1.807) is 0 Å². The summed E-state index contributed by atoms with van der Waals surface area (Å²) in [7, 11) is 0. The Kier molecular flexibility index (Phi) is 11.7. The number of H-pyrrole nitrogens is 20. The van der Waals surface area contributed by atoms with Crippen LogP contribution >= 0.6 is 0 Å². The first-order valence-electron chi connectivity index (χ1n) is 40.5. The Hall–Kier alpha value is -17.0. The van der Waals surface area contributed by atoms with Gasteiger partial charge in [-0.3, -0.25) is 0 Å². The molecule has 0 aliphatic rings. The van der Waals surface area contributed by atoms with Gasteiger partial charge in [0.2, 0.25) is 0 Å². The Morgan fingerprint density at radius 1 is 0.0917 bits per heavy atom. The number of hydrogen-bond donors (Lipinski definition) is 20. The van der Waals surface area contributed by atoms with Gasteiger partial charge >= 0.3 is 0 Å². The van der Waals surface area contributed by atoms with Gasteiger partial charge in [0.15, 0.2) is 0 Å². The van der Waals surface area contributed by atoms with Crippen LogP contribution in [0.25, 0.3) is 307 Å². The van der Waals surface area contributed by atoms with E-state index in [0.29, 0.717) is 0 Å². The molecule has 25 aromatic heterocycles. The zero-order chi connectivity index (χ0) is 77.6. The molecule has 0 amide bonds. The highest BCUT2D eigenvalue weighted by Crippen LogP contribution is 2.46. The molecule has 0 fully saturated rings. The van der Waals surface area contributed by atoms with Crippen LogP contribution in [0, 0.1) is 0 Å². The number of aromatic nitrogens is 20. The maximum atomic E-state index is 4.04. The molecule has 40 bridgehead atoms. The summed E-state index contributed by atoms with van der Waals surface area (Å²) in [6.45, 7) is 0. The van der Waals surface area contributed by atoms with Crippen LogP contribution in [0.15, 0.2) is 267 Å². The molecule has 29 rings (SSSR count). The molecule has 4 aromatic carbocycles. The fraction of sp³-hybridized carbons (Fsp3) is 0. The summed E-state index contributed by atoms with van der Waals surface area (Å²) in [6.07, 6.45) is 0. The van der Waals surface area contributed by atoms with E-state index in [2.05, 4.69) is 367 Å². The van der Waals surface area contributed by atoms with Crippen LogP contribution in [0.1, 0.15) is 0 Å². The van der Waals surface area contributed by atoms with Crippen LogP contribution in [0.2, 0.25) is 0 Å². The Bertz CT molecular complexity index is 9560. The molecule has 564 valence electrons. The third-order valence-electron chi connectivity index (χ3n) is 25.3. The first kappa shape index (κ1) is 62.4. The molecule has 20 heteroatoms. The van der Waals surface area contributed by atoms with Crippen LogP contribution in [-0.4, -0.2) is 99.7 Å². The number of fused-ring (bicyclic) bond motifs is 48. The van der Waals surface area contributed by atoms with Gasteiger partial charge in [0.05, 0.1) is 44.1 Å². The molecule has 0 saturated carbocycles. The lowest BCUT2D eigenvalue weighted by Crippen LogP contribution is -1.81. The molecule has 0 aliphatic heterocycles. The SMILES string of the molecule is c1cc2cc3ccc([nH]3)c3c4cc5cc6ccc([nH]6)c6c7cc8cc9ccc([nH]9)c9c%10cc%11cc%12ccc([nH]%12)c%12c%13cc%14cc%15ccc(cc%16ccc(cc%17ccc([nH]%17)c(c%17cc(cc%18ccc([nH]%18)c(c%18cc(cc%19ccc([nH]%19)c(c%19cc(cc%20ccc([nH]%20)c(c%20cc(cc%21ccc(cc1[nH]2)[nH]%21)[nH]c%203)c4[nH]5)[nH]c%196)c7[nH]8)[nH]c%189)c%10[nH]%11)[nH]c%17%12)c%13[nH]%14)[nH]%16)[nH]%15. The van der Waals surface area contributed by atoms with Crippen LogP contribution in [-0.2, 0) is 0 Å². The predicted octanol–water partition coefficient (Wildman–Crippen LogP) is 26.7. The van der Waals surface area contributed by atoms with E-state index >= 15 is 0 Å². The van der Waals surface area contributed by atoms with Crippen molar-refractivity contribution in [3.05, 3.63) is 267 Å². The van der Waals surface area contributed by atoms with Gasteiger partial charge in [-0.2, -0.15) is 0 Å². The van der Waals surface area contributed by atoms with Crippen molar-refractivity contribution in [2.24, 2.45) is 0 Å². The predicted molar refractivity (Wildman–Crippen MR) is 501 cm³/mol. The largest absolute Gasteiger partial charge is 0.355 e. The maximum absolute atomic E-state index is 4.04. The third kappa shape index (κ3) is 9.22. The van der Waals surface area contributed by atoms with Gasteiger partial charge in [-0.15, -0.1) is 0 Å². The summed E-state index contributed by atoms with van der Waals surface area (Å²) in [4.78, 5) is 77.9. The highest BCUT2D eigenvalue weighted by molar-refractivity contribution is 6.36. The fourth-order valence-electron chi connectivity index (χ4n) is 20.4. The van der Waals surface area contributed by atoms with Crippen molar-refractivity contribution >= 4 is 307 Å². The second-order valence-electron chi connectivity index (χ2n) is 32.9. The second-order valence-corrected chi connectivity index (χ2v) is 32.9. The van der Waals surface area contributed by atoms with E-state index in [1.165, 1.54) is 0 Å². The topological polar surface area (TPSA) is 316 Å². The van der Waals surface area contributed by atoms with E-state index in [4.69, 9.17) is 0 Å². The minimum Gasteiger partial charge on any atom is -0.355 e. The zero-order valence-electron chi connectivity index (χ0n) is 63.4. The van der Waals surface area contributed by atoms with Gasteiger partial charge in [-0.1, -0.05) is 0 Å². The van der Waals surface area contributed by atoms with Gasteiger partial charge in [-0.25, -0.2) is 0 Å². The van der Waals surface area contributed by atoms with Crippen LogP contribution in [0.4, 0.5) is 0 Å². The highest BCUT2D eigenvalue weighted by atomic mass is 14.8. The Labute approximate surface area is 669 Å². The molecular weight excluding hydrogens is 1480 g/mol. The third-order valence-corrected chi connectivity index (χ3v) is 25.3. The van der Waals surface area contributed by atoms with Gasteiger partial charge in [-0.05, 0) is 267 Å². The van der Waals surface area contributed by atoms with Crippen molar-refractivity contribution in [2.45, 2.75) is 0 Å². The van der Waals surface area contributed by atoms with Gasteiger partial charge in [0, 0.05) is 263 Å². The van der Waals surface area contributed by atoms with E-state index in [1.807, 2.05) is 0 Å². The number of hydrogen-bond acceptors (Lipinski definition) is 0. The van der Waals surface area contributed by atoms with Gasteiger partial charge < -0.3 is 99.7 Å². The average molecular weight is 1550 g/mol. The lowest BCUT2D eigenvalue weighted by atomic mass is 10.0. The van der Waals surface area contributed by atoms with E-state index in [0.717, 1.165) is 307 Å². The molecule has 0 aliphatic carbocycles. The van der Waals surface area contributed by atoms with Crippen molar-refractivity contribution in [1.82, 2.24) is 99.7 Å². The molecule has 0 atom stereocenters. The van der Waals surface area contributed by atoms with E-state index in [-0.39, 0.29) is 0 Å². The zero-order valence-corrected chi connectivity index (χ0v) is 63.4. The summed E-state index contributed by atoms with van der Waals surface area (Å²) in [6, 6.07) is 97.0. The van der Waals surface area contributed by atoms with Crippen molar-refractivity contribution in [1.29, 1.82) is 0 Å². The summed E-state index contributed by atoms with van der Waals surface area (Å²) in [5, 5.41) is 17.1. The summed E-state index contributed by atoms with van der Waals surface area (Å²) in [5.41, 5.74) is 39.4. The minimum absolute atomic E-state index is 0.944. The monoisotopic (exact) mass is 1540 g/mol. The Balaban J connectivity index is 0.661. The van der Waals surface area contributed by atoms with Crippen molar-refractivity contribution < 1.29 is 0 Å². The summed E-state index contributed by atoms with van der Waals surface area (Å²) >= 11 is 0. The van der Waals surface area contributed by atoms with E-state index < -0.39 is 0 Å². The molecule has 0 saturated heterocycles. The normalized spacial score (nSPS) is 12.7. The van der Waals surface area contributed by atoms with Crippen molar-refractivity contribution in [3.8, 4) is 0 Å². The van der Waals surface area contributed by atoms with Crippen molar-refractivity contribution in [3.63, 3.8) is 0 Å². The lowest BCUT2D eigenvalue weighted by Gasteiger charge is -2.03. The van der Waals surface area contributed by atoms with Crippen LogP contribution in [0.5, 0.6) is 0 Å². The molecule has 0 unspecified atom stereocenters. The first-order valence-corrected chi connectivity index (χ1v) is 40.5. The quantitative estimate of drug-likeness (QED) is 0.0674. The highest BCUT2D eigenvalue weighted by Gasteiger charge is 2.23. The minimum atomic E-state index is 0.944. The lowest BCUT2D eigenvalue weighted by molar-refractivity contribution is 1.50. The Morgan fingerprint density at radius 2 is 0.200 bits per heavy atom. The Morgan fingerprint density at radius 3 is 0.333 bits per heavy atom. The van der Waals surface area contributed by atoms with Gasteiger partial charge in [0.25, 0.3) is 0 Å². The summed E-state index contributed by atoms with van der Waals surface area (Å²) in [5.74, 6) is 0.